The van der Waals surface area contributed by atoms with E-state index in [4.69, 9.17) is 16.4 Å². The van der Waals surface area contributed by atoms with Crippen molar-refractivity contribution in [3.63, 3.8) is 0 Å². The zero-order valence-electron chi connectivity index (χ0n) is 19.6. The minimum Gasteiger partial charge on any atom is -0.392 e. The molecule has 0 saturated carbocycles. The molecule has 36 heavy (non-hydrogen) atoms. The van der Waals surface area contributed by atoms with E-state index in [0.717, 1.165) is 28.0 Å². The highest BCUT2D eigenvalue weighted by Gasteiger charge is 2.25. The molecule has 1 unspecified atom stereocenters. The van der Waals surface area contributed by atoms with Crippen LogP contribution in [0.15, 0.2) is 78.0 Å². The summed E-state index contributed by atoms with van der Waals surface area (Å²) in [6, 6.07) is 23.2. The minimum atomic E-state index is -0.680. The average Bonchev–Trinajstić information content (AvgIpc) is 3.20. The number of nitrogens with zero attached hydrogens (tertiary/aromatic N) is 3. The van der Waals surface area contributed by atoms with Gasteiger partial charge in [0, 0.05) is 54.6 Å². The lowest BCUT2D eigenvalue weighted by atomic mass is 10.1. The van der Waals surface area contributed by atoms with Crippen LogP contribution in [0.25, 0.3) is 11.1 Å². The van der Waals surface area contributed by atoms with Gasteiger partial charge in [0.1, 0.15) is 18.4 Å². The van der Waals surface area contributed by atoms with Crippen molar-refractivity contribution >= 4 is 41.4 Å². The van der Waals surface area contributed by atoms with Gasteiger partial charge in [0.15, 0.2) is 0 Å². The second kappa shape index (κ2) is 11.8. The second-order valence-electron chi connectivity index (χ2n) is 8.71. The molecule has 188 valence electrons. The Balaban J connectivity index is 0.00000304. The van der Waals surface area contributed by atoms with E-state index in [0.29, 0.717) is 43.4 Å². The first kappa shape index (κ1) is 26.0. The molecular weight excluding hydrogens is 499 g/mol. The van der Waals surface area contributed by atoms with Gasteiger partial charge in [0.05, 0.1) is 0 Å². The van der Waals surface area contributed by atoms with Crippen molar-refractivity contribution < 1.29 is 14.7 Å². The Morgan fingerprint density at radius 2 is 1.47 bits per heavy atom. The molecule has 5 rings (SSSR count). The van der Waals surface area contributed by atoms with Crippen LogP contribution >= 0.6 is 24.0 Å². The maximum Gasteiger partial charge on any atom is 0.321 e. The molecule has 9 heteroatoms. The van der Waals surface area contributed by atoms with Crippen LogP contribution in [0.1, 0.15) is 11.1 Å². The summed E-state index contributed by atoms with van der Waals surface area (Å²) >= 11 is 5.89. The molecule has 1 heterocycles. The average molecular weight is 527 g/mol. The Morgan fingerprint density at radius 3 is 2.06 bits per heavy atom. The summed E-state index contributed by atoms with van der Waals surface area (Å²) in [6.45, 7) is 3.10. The molecule has 7 nitrogen and oxygen atoms in total. The Bertz CT molecular complexity index is 1180. The monoisotopic (exact) mass is 526 g/mol. The lowest BCUT2D eigenvalue weighted by Gasteiger charge is -2.35. The third-order valence-electron chi connectivity index (χ3n) is 6.30. The van der Waals surface area contributed by atoms with Gasteiger partial charge in [-0.2, -0.15) is 0 Å². The van der Waals surface area contributed by atoms with Crippen LogP contribution in [-0.4, -0.2) is 72.1 Å². The van der Waals surface area contributed by atoms with Gasteiger partial charge in [-0.1, -0.05) is 65.3 Å². The van der Waals surface area contributed by atoms with Crippen LogP contribution in [0.3, 0.4) is 0 Å². The number of piperazine rings is 1. The molecule has 1 aliphatic heterocycles. The van der Waals surface area contributed by atoms with Gasteiger partial charge in [-0.15, -0.1) is 12.4 Å². The zero-order chi connectivity index (χ0) is 24.2. The summed E-state index contributed by atoms with van der Waals surface area (Å²) in [5.74, 6) is 0. The number of hydrogen-bond acceptors (Lipinski definition) is 5. The summed E-state index contributed by atoms with van der Waals surface area (Å²) in [5.41, 5.74) is 5.87. The Morgan fingerprint density at radius 1 is 0.917 bits per heavy atom. The third-order valence-corrected chi connectivity index (χ3v) is 6.55. The number of aliphatic hydroxyl groups is 1. The van der Waals surface area contributed by atoms with E-state index in [1.165, 1.54) is 0 Å². The molecule has 0 radical (unpaired) electrons. The molecule has 3 aromatic carbocycles. The number of carbonyl (C=O) groups is 1. The smallest absolute Gasteiger partial charge is 0.321 e. The van der Waals surface area contributed by atoms with Gasteiger partial charge >= 0.3 is 6.03 Å². The Labute approximate surface area is 221 Å². The first-order valence-electron chi connectivity index (χ1n) is 11.7. The number of β-amino-alcohol motifs (C(OH)–C–C–N with tert-alkyl or cyclic N) is 1. The van der Waals surface area contributed by atoms with Gasteiger partial charge in [-0.05, 0) is 35.4 Å². The normalized spacial score (nSPS) is 15.4. The van der Waals surface area contributed by atoms with Gasteiger partial charge in [-0.3, -0.25) is 4.90 Å². The maximum absolute atomic E-state index is 12.5. The second-order valence-corrected chi connectivity index (χ2v) is 9.14. The van der Waals surface area contributed by atoms with Crippen molar-refractivity contribution in [2.75, 3.05) is 44.6 Å². The van der Waals surface area contributed by atoms with E-state index in [1.807, 2.05) is 36.4 Å². The van der Waals surface area contributed by atoms with Crippen molar-refractivity contribution in [2.24, 2.45) is 5.16 Å². The number of hydrogen-bond donors (Lipinski definition) is 2. The summed E-state index contributed by atoms with van der Waals surface area (Å²) in [7, 11) is 0. The number of oxime groups is 1. The molecule has 1 saturated heterocycles. The van der Waals surface area contributed by atoms with Crippen molar-refractivity contribution in [3.05, 3.63) is 88.9 Å². The van der Waals surface area contributed by atoms with Crippen LogP contribution < -0.4 is 5.32 Å². The van der Waals surface area contributed by atoms with Crippen molar-refractivity contribution in [1.29, 1.82) is 0 Å². The highest BCUT2D eigenvalue weighted by atomic mass is 35.5. The van der Waals surface area contributed by atoms with Crippen LogP contribution in [0.5, 0.6) is 0 Å². The molecule has 2 aliphatic rings. The van der Waals surface area contributed by atoms with Gasteiger partial charge in [-0.25, -0.2) is 4.79 Å². The number of halogens is 2. The highest BCUT2D eigenvalue weighted by Crippen LogP contribution is 2.36. The molecule has 3 aromatic rings. The number of urea groups is 1. The van der Waals surface area contributed by atoms with E-state index in [2.05, 4.69) is 27.5 Å². The third kappa shape index (κ3) is 5.82. The largest absolute Gasteiger partial charge is 0.392 e. The van der Waals surface area contributed by atoms with Gasteiger partial charge < -0.3 is 20.2 Å². The minimum absolute atomic E-state index is 0. The summed E-state index contributed by atoms with van der Waals surface area (Å²) in [4.78, 5) is 22.0. The van der Waals surface area contributed by atoms with E-state index in [9.17, 15) is 9.90 Å². The topological polar surface area (TPSA) is 77.4 Å². The van der Waals surface area contributed by atoms with E-state index in [1.54, 1.807) is 29.2 Å². The summed E-state index contributed by atoms with van der Waals surface area (Å²) in [6.07, 6.45) is -0.680. The standard InChI is InChI=1S/C27H27ClN4O3.ClH/c28-19-9-11-20(12-10-19)29-27(34)32-15-13-31(14-16-32)17-21(33)18-35-30-26-24-7-3-1-5-22(24)23-6-2-4-8-25(23)26;/h1-12,21,33H,13-18H2,(H,29,34);1H. The number of carbonyl (C=O) groups excluding carboxylic acids is 1. The lowest BCUT2D eigenvalue weighted by Crippen LogP contribution is -2.51. The number of nitrogens with one attached hydrogen (secondary N) is 1. The Kier molecular flexibility index (Phi) is 8.48. The first-order valence-corrected chi connectivity index (χ1v) is 12.1. The number of aliphatic hydroxyl groups excluding tert-OH is 1. The van der Waals surface area contributed by atoms with Gasteiger partial charge in [0.2, 0.25) is 0 Å². The number of benzene rings is 3. The molecule has 0 bridgehead atoms. The van der Waals surface area contributed by atoms with Crippen LogP contribution in [0.2, 0.25) is 5.02 Å². The number of rotatable bonds is 6. The van der Waals surface area contributed by atoms with Crippen molar-refractivity contribution in [2.45, 2.75) is 6.10 Å². The SMILES string of the molecule is Cl.O=C(Nc1ccc(Cl)cc1)N1CCN(CC(O)CON=C2c3ccccc3-c3ccccc32)CC1. The quantitative estimate of drug-likeness (QED) is 0.356. The number of anilines is 1. The van der Waals surface area contributed by atoms with Crippen LogP contribution in [0.4, 0.5) is 10.5 Å². The van der Waals surface area contributed by atoms with Gasteiger partial charge in [0.25, 0.3) is 0 Å². The van der Waals surface area contributed by atoms with Crippen LogP contribution in [0, 0.1) is 0 Å². The Hall–Kier alpha value is -3.10. The van der Waals surface area contributed by atoms with E-state index >= 15 is 0 Å². The predicted octanol–water partition coefficient (Wildman–Crippen LogP) is 4.72. The summed E-state index contributed by atoms with van der Waals surface area (Å²) in [5, 5.41) is 18.4. The van der Waals surface area contributed by atoms with E-state index in [-0.39, 0.29) is 25.0 Å². The van der Waals surface area contributed by atoms with Crippen molar-refractivity contribution in [1.82, 2.24) is 9.80 Å². The van der Waals surface area contributed by atoms with Crippen LogP contribution in [-0.2, 0) is 4.84 Å². The molecule has 0 spiro atoms. The number of fused-ring (bicyclic) bond motifs is 3. The number of amides is 2. The molecular formula is C27H28Cl2N4O3. The predicted molar refractivity (Wildman–Crippen MR) is 145 cm³/mol. The fourth-order valence-corrected chi connectivity index (χ4v) is 4.63. The lowest BCUT2D eigenvalue weighted by molar-refractivity contribution is 0.0122. The fraction of sp³-hybridized carbons (Fsp3) is 0.259. The molecule has 2 N–H and O–H groups in total. The molecule has 0 aromatic heterocycles. The van der Waals surface area contributed by atoms with E-state index < -0.39 is 6.10 Å². The zero-order valence-corrected chi connectivity index (χ0v) is 21.2. The van der Waals surface area contributed by atoms with Crippen molar-refractivity contribution in [3.8, 4) is 11.1 Å². The summed E-state index contributed by atoms with van der Waals surface area (Å²) < 4.78 is 0. The molecule has 2 amide bonds. The maximum atomic E-state index is 12.5. The molecule has 1 atom stereocenters. The molecule has 1 fully saturated rings. The first-order chi connectivity index (χ1) is 17.1. The fourth-order valence-electron chi connectivity index (χ4n) is 4.50. The molecule has 1 aliphatic carbocycles. The highest BCUT2D eigenvalue weighted by molar-refractivity contribution is 6.30.